The van der Waals surface area contributed by atoms with Crippen LogP contribution in [-0.4, -0.2) is 50.6 Å². The van der Waals surface area contributed by atoms with E-state index in [2.05, 4.69) is 5.32 Å². The van der Waals surface area contributed by atoms with Crippen molar-refractivity contribution in [2.75, 3.05) is 12.8 Å². The van der Waals surface area contributed by atoms with Crippen LogP contribution in [0, 0.1) is 5.92 Å². The van der Waals surface area contributed by atoms with Gasteiger partial charge in [-0.25, -0.2) is 0 Å². The molecule has 0 aromatic carbocycles. The van der Waals surface area contributed by atoms with Gasteiger partial charge in [-0.05, 0) is 25.7 Å². The number of carbonyl (C=O) groups excluding carboxylic acids is 2. The van der Waals surface area contributed by atoms with E-state index < -0.39 is 22.4 Å². The molecule has 1 aliphatic heterocycles. The van der Waals surface area contributed by atoms with Gasteiger partial charge in [0.05, 0.1) is 0 Å². The van der Waals surface area contributed by atoms with Crippen molar-refractivity contribution in [3.05, 3.63) is 0 Å². The minimum absolute atomic E-state index is 0.0237. The SMILES string of the molecule is CC(C)C1C(=O)NC2(CCCC2)C(=O)N1CC(C)S(C)=O. The van der Waals surface area contributed by atoms with Gasteiger partial charge in [0.15, 0.2) is 0 Å². The van der Waals surface area contributed by atoms with Gasteiger partial charge < -0.3 is 10.2 Å². The first-order valence-electron chi connectivity index (χ1n) is 7.74. The maximum absolute atomic E-state index is 13.0. The average Bonchev–Trinajstić information content (AvgIpc) is 2.84. The average molecular weight is 314 g/mol. The molecule has 1 spiro atoms. The Morgan fingerprint density at radius 3 is 2.33 bits per heavy atom. The maximum atomic E-state index is 13.0. The number of nitrogens with one attached hydrogen (secondary N) is 1. The molecule has 6 heteroatoms. The Kier molecular flexibility index (Phi) is 4.76. The van der Waals surface area contributed by atoms with Crippen LogP contribution in [0.5, 0.6) is 0 Å². The number of hydrogen-bond donors (Lipinski definition) is 1. The van der Waals surface area contributed by atoms with E-state index >= 15 is 0 Å². The number of nitrogens with zero attached hydrogens (tertiary/aromatic N) is 1. The summed E-state index contributed by atoms with van der Waals surface area (Å²) < 4.78 is 11.7. The minimum atomic E-state index is -1.01. The van der Waals surface area contributed by atoms with Gasteiger partial charge in [-0.1, -0.05) is 26.7 Å². The van der Waals surface area contributed by atoms with Crippen molar-refractivity contribution in [2.24, 2.45) is 5.92 Å². The molecule has 0 aromatic heterocycles. The standard InChI is InChI=1S/C15H26N2O3S/c1-10(2)12-13(18)16-15(7-5-6-8-15)14(19)17(12)9-11(3)21(4)20/h10-12H,5-9H2,1-4H3,(H,16,18). The van der Waals surface area contributed by atoms with Crippen LogP contribution in [0.15, 0.2) is 0 Å². The van der Waals surface area contributed by atoms with Crippen LogP contribution in [0.1, 0.15) is 46.5 Å². The van der Waals surface area contributed by atoms with E-state index in [1.807, 2.05) is 20.8 Å². The molecule has 2 aliphatic rings. The van der Waals surface area contributed by atoms with E-state index in [0.29, 0.717) is 6.54 Å². The molecule has 3 atom stereocenters. The molecule has 3 unspecified atom stereocenters. The summed E-state index contributed by atoms with van der Waals surface area (Å²) in [6, 6.07) is -0.449. The topological polar surface area (TPSA) is 66.5 Å². The number of rotatable bonds is 4. The Labute approximate surface area is 129 Å². The van der Waals surface area contributed by atoms with Crippen molar-refractivity contribution >= 4 is 22.6 Å². The zero-order valence-electron chi connectivity index (χ0n) is 13.3. The van der Waals surface area contributed by atoms with E-state index in [9.17, 15) is 13.8 Å². The van der Waals surface area contributed by atoms with Gasteiger partial charge in [-0.3, -0.25) is 13.8 Å². The summed E-state index contributed by atoms with van der Waals surface area (Å²) >= 11 is 0. The number of carbonyl (C=O) groups is 2. The quantitative estimate of drug-likeness (QED) is 0.843. The summed E-state index contributed by atoms with van der Waals surface area (Å²) in [6.07, 6.45) is 5.04. The molecule has 120 valence electrons. The Bertz CT molecular complexity index is 458. The summed E-state index contributed by atoms with van der Waals surface area (Å²) in [6.45, 7) is 6.16. The second-order valence-electron chi connectivity index (χ2n) is 6.73. The van der Waals surface area contributed by atoms with Gasteiger partial charge in [0, 0.05) is 28.9 Å². The fourth-order valence-electron chi connectivity index (χ4n) is 3.46. The largest absolute Gasteiger partial charge is 0.340 e. The zero-order valence-corrected chi connectivity index (χ0v) is 14.2. The number of amides is 2. The smallest absolute Gasteiger partial charge is 0.249 e. The number of piperazine rings is 1. The lowest BCUT2D eigenvalue weighted by molar-refractivity contribution is -0.156. The summed E-state index contributed by atoms with van der Waals surface area (Å²) in [5, 5.41) is 2.87. The van der Waals surface area contributed by atoms with Crippen molar-refractivity contribution in [3.63, 3.8) is 0 Å². The normalized spacial score (nSPS) is 28.0. The predicted molar refractivity (Wildman–Crippen MR) is 83.2 cm³/mol. The fraction of sp³-hybridized carbons (Fsp3) is 0.867. The highest BCUT2D eigenvalue weighted by Crippen LogP contribution is 2.36. The first-order chi connectivity index (χ1) is 9.78. The van der Waals surface area contributed by atoms with Crippen LogP contribution in [0.3, 0.4) is 0 Å². The van der Waals surface area contributed by atoms with E-state index in [4.69, 9.17) is 0 Å². The minimum Gasteiger partial charge on any atom is -0.340 e. The molecule has 21 heavy (non-hydrogen) atoms. The molecule has 1 aliphatic carbocycles. The van der Waals surface area contributed by atoms with Crippen LogP contribution in [0.4, 0.5) is 0 Å². The van der Waals surface area contributed by atoms with E-state index in [1.165, 1.54) is 0 Å². The van der Waals surface area contributed by atoms with Gasteiger partial charge in [0.1, 0.15) is 11.6 Å². The summed E-state index contributed by atoms with van der Waals surface area (Å²) in [5.74, 6) is 0.0152. The van der Waals surface area contributed by atoms with Crippen LogP contribution >= 0.6 is 0 Å². The van der Waals surface area contributed by atoms with Crippen LogP contribution in [0.25, 0.3) is 0 Å². The second kappa shape index (κ2) is 6.07. The van der Waals surface area contributed by atoms with Crippen molar-refractivity contribution in [3.8, 4) is 0 Å². The maximum Gasteiger partial charge on any atom is 0.249 e. The van der Waals surface area contributed by atoms with Crippen LogP contribution < -0.4 is 5.32 Å². The molecule has 0 aromatic rings. The Balaban J connectivity index is 2.30. The van der Waals surface area contributed by atoms with Crippen molar-refractivity contribution in [2.45, 2.75) is 63.3 Å². The Morgan fingerprint density at radius 1 is 1.29 bits per heavy atom. The third kappa shape index (κ3) is 3.00. The monoisotopic (exact) mass is 314 g/mol. The summed E-state index contributed by atoms with van der Waals surface area (Å²) in [7, 11) is -1.01. The van der Waals surface area contributed by atoms with Crippen molar-refractivity contribution in [1.29, 1.82) is 0 Å². The number of hydrogen-bond acceptors (Lipinski definition) is 3. The molecule has 1 heterocycles. The highest BCUT2D eigenvalue weighted by atomic mass is 32.2. The van der Waals surface area contributed by atoms with Gasteiger partial charge in [-0.2, -0.15) is 0 Å². The lowest BCUT2D eigenvalue weighted by atomic mass is 9.87. The van der Waals surface area contributed by atoms with E-state index in [-0.39, 0.29) is 23.0 Å². The van der Waals surface area contributed by atoms with Crippen molar-refractivity contribution in [1.82, 2.24) is 10.2 Å². The zero-order chi connectivity index (χ0) is 15.8. The molecule has 1 saturated heterocycles. The summed E-state index contributed by atoms with van der Waals surface area (Å²) in [5.41, 5.74) is -0.697. The fourth-order valence-corrected chi connectivity index (χ4v) is 3.84. The highest BCUT2D eigenvalue weighted by molar-refractivity contribution is 7.84. The molecular formula is C15H26N2O3S. The Hall–Kier alpha value is -0.910. The third-order valence-electron chi connectivity index (χ3n) is 4.75. The molecule has 0 bridgehead atoms. The van der Waals surface area contributed by atoms with Crippen molar-refractivity contribution < 1.29 is 13.8 Å². The molecule has 1 N–H and O–H groups in total. The first-order valence-corrected chi connectivity index (χ1v) is 9.36. The molecule has 2 rings (SSSR count). The lowest BCUT2D eigenvalue weighted by Gasteiger charge is -2.46. The van der Waals surface area contributed by atoms with Gasteiger partial charge in [0.25, 0.3) is 0 Å². The highest BCUT2D eigenvalue weighted by Gasteiger charge is 2.52. The van der Waals surface area contributed by atoms with E-state index in [0.717, 1.165) is 25.7 Å². The van der Waals surface area contributed by atoms with Crippen LogP contribution in [-0.2, 0) is 20.4 Å². The molecular weight excluding hydrogens is 288 g/mol. The van der Waals surface area contributed by atoms with Crippen LogP contribution in [0.2, 0.25) is 0 Å². The van der Waals surface area contributed by atoms with E-state index in [1.54, 1.807) is 11.2 Å². The second-order valence-corrected chi connectivity index (χ2v) is 8.54. The molecule has 2 amide bonds. The first kappa shape index (κ1) is 16.5. The van der Waals surface area contributed by atoms with Gasteiger partial charge in [-0.15, -0.1) is 0 Å². The van der Waals surface area contributed by atoms with Gasteiger partial charge >= 0.3 is 0 Å². The lowest BCUT2D eigenvalue weighted by Crippen LogP contribution is -2.71. The van der Waals surface area contributed by atoms with Gasteiger partial charge in [0.2, 0.25) is 11.8 Å². The molecule has 2 fully saturated rings. The molecule has 1 saturated carbocycles. The third-order valence-corrected chi connectivity index (χ3v) is 6.03. The predicted octanol–water partition coefficient (Wildman–Crippen LogP) is 1.05. The molecule has 5 nitrogen and oxygen atoms in total. The summed E-state index contributed by atoms with van der Waals surface area (Å²) in [4.78, 5) is 27.2. The molecule has 0 radical (unpaired) electrons. The Morgan fingerprint density at radius 2 is 1.86 bits per heavy atom.